The third-order valence-electron chi connectivity index (χ3n) is 5.39. The monoisotopic (exact) mass is 395 g/mol. The van der Waals surface area contributed by atoms with E-state index in [9.17, 15) is 4.79 Å². The van der Waals surface area contributed by atoms with Gasteiger partial charge in [0, 0.05) is 37.9 Å². The van der Waals surface area contributed by atoms with Crippen molar-refractivity contribution in [1.29, 1.82) is 0 Å². The Balaban J connectivity index is 1.65. The lowest BCUT2D eigenvalue weighted by Gasteiger charge is -2.34. The fraction of sp³-hybridized carbons (Fsp3) is 0.381. The number of anilines is 1. The maximum atomic E-state index is 11.8. The lowest BCUT2D eigenvalue weighted by molar-refractivity contribution is 0.0957. The van der Waals surface area contributed by atoms with Gasteiger partial charge in [0.15, 0.2) is 11.5 Å². The summed E-state index contributed by atoms with van der Waals surface area (Å²) in [5.41, 5.74) is 0.435. The molecule has 29 heavy (non-hydrogen) atoms. The van der Waals surface area contributed by atoms with Gasteiger partial charge in [0.1, 0.15) is 11.5 Å². The zero-order valence-electron chi connectivity index (χ0n) is 16.9. The number of carbonyl (C=O) groups is 1. The van der Waals surface area contributed by atoms with E-state index in [0.717, 1.165) is 42.5 Å². The van der Waals surface area contributed by atoms with Gasteiger partial charge in [-0.2, -0.15) is 5.10 Å². The number of rotatable bonds is 5. The Bertz CT molecular complexity index is 1030. The van der Waals surface area contributed by atoms with E-state index in [0.29, 0.717) is 17.2 Å². The van der Waals surface area contributed by atoms with E-state index < -0.39 is 0 Å². The molecule has 0 saturated carbocycles. The molecule has 152 valence electrons. The van der Waals surface area contributed by atoms with Gasteiger partial charge in [-0.05, 0) is 42.5 Å². The number of aromatic nitrogens is 3. The Labute approximate surface area is 169 Å². The maximum absolute atomic E-state index is 11.8. The highest BCUT2D eigenvalue weighted by molar-refractivity contribution is 5.94. The number of fused-ring (bicyclic) bond motifs is 1. The van der Waals surface area contributed by atoms with Gasteiger partial charge in [0.05, 0.1) is 20.3 Å². The molecular formula is C21H25N5O3. The van der Waals surface area contributed by atoms with Crippen molar-refractivity contribution >= 4 is 22.5 Å². The number of nitrogens with zero attached hydrogens (tertiary/aromatic N) is 4. The van der Waals surface area contributed by atoms with Crippen LogP contribution in [0.3, 0.4) is 0 Å². The van der Waals surface area contributed by atoms with Crippen molar-refractivity contribution in [3.05, 3.63) is 42.4 Å². The molecule has 1 N–H and O–H groups in total. The summed E-state index contributed by atoms with van der Waals surface area (Å²) in [6.07, 6.45) is 5.73. The van der Waals surface area contributed by atoms with Crippen LogP contribution in [-0.2, 0) is 0 Å². The minimum Gasteiger partial charge on any atom is -0.493 e. The quantitative estimate of drug-likeness (QED) is 0.715. The highest BCUT2D eigenvalue weighted by Gasteiger charge is 2.25. The van der Waals surface area contributed by atoms with Crippen molar-refractivity contribution in [2.24, 2.45) is 0 Å². The van der Waals surface area contributed by atoms with E-state index in [2.05, 4.69) is 20.3 Å². The Morgan fingerprint density at radius 1 is 1.21 bits per heavy atom. The molecule has 0 aliphatic carbocycles. The van der Waals surface area contributed by atoms with E-state index in [4.69, 9.17) is 9.47 Å². The molecule has 8 heteroatoms. The second-order valence-electron chi connectivity index (χ2n) is 7.07. The molecular weight excluding hydrogens is 370 g/mol. The van der Waals surface area contributed by atoms with E-state index in [-0.39, 0.29) is 11.9 Å². The normalized spacial score (nSPS) is 16.7. The van der Waals surface area contributed by atoms with Crippen molar-refractivity contribution in [3.8, 4) is 11.5 Å². The minimum atomic E-state index is -0.173. The van der Waals surface area contributed by atoms with Crippen LogP contribution in [0, 0.1) is 0 Å². The molecule has 1 unspecified atom stereocenters. The second kappa shape index (κ2) is 7.98. The summed E-state index contributed by atoms with van der Waals surface area (Å²) in [7, 11) is 4.88. The summed E-state index contributed by atoms with van der Waals surface area (Å²) >= 11 is 0. The summed E-state index contributed by atoms with van der Waals surface area (Å²) in [6.45, 7) is 1.69. The first-order valence-electron chi connectivity index (χ1n) is 9.67. The summed E-state index contributed by atoms with van der Waals surface area (Å²) in [5, 5.41) is 9.16. The van der Waals surface area contributed by atoms with Gasteiger partial charge in [-0.25, -0.2) is 4.98 Å². The van der Waals surface area contributed by atoms with E-state index in [1.54, 1.807) is 27.3 Å². The molecule has 1 aromatic carbocycles. The number of benzene rings is 1. The van der Waals surface area contributed by atoms with E-state index in [1.165, 1.54) is 0 Å². The van der Waals surface area contributed by atoms with E-state index in [1.807, 2.05) is 35.3 Å². The molecule has 2 aromatic heterocycles. The molecule has 0 bridgehead atoms. The Morgan fingerprint density at radius 2 is 2.00 bits per heavy atom. The zero-order valence-corrected chi connectivity index (χ0v) is 16.9. The van der Waals surface area contributed by atoms with Crippen molar-refractivity contribution in [2.75, 3.05) is 39.3 Å². The molecule has 0 spiro atoms. The molecule has 4 rings (SSSR count). The smallest absolute Gasteiger partial charge is 0.271 e. The predicted octanol–water partition coefficient (Wildman–Crippen LogP) is 2.65. The second-order valence-corrected chi connectivity index (χ2v) is 7.07. The molecule has 8 nitrogen and oxygen atoms in total. The zero-order chi connectivity index (χ0) is 20.4. The van der Waals surface area contributed by atoms with Crippen LogP contribution in [0.5, 0.6) is 11.5 Å². The SMILES string of the molecule is CNC(=O)c1ccn(C2CCCN(c3nccc4cc(OC)c(OC)cc34)C2)n1. The standard InChI is InChI=1S/C21H25N5O3/c1-22-21(27)17-7-10-26(24-17)15-5-4-9-25(13-15)20-16-12-19(29-3)18(28-2)11-14(16)6-8-23-20/h6-8,10-12,15H,4-5,9,13H2,1-3H3,(H,22,27). The summed E-state index contributed by atoms with van der Waals surface area (Å²) < 4.78 is 12.8. The fourth-order valence-electron chi connectivity index (χ4n) is 3.89. The first-order chi connectivity index (χ1) is 14.1. The van der Waals surface area contributed by atoms with Gasteiger partial charge >= 0.3 is 0 Å². The molecule has 1 atom stereocenters. The van der Waals surface area contributed by atoms with Crippen LogP contribution in [-0.4, -0.2) is 55.0 Å². The van der Waals surface area contributed by atoms with Crippen molar-refractivity contribution < 1.29 is 14.3 Å². The van der Waals surface area contributed by atoms with Crippen LogP contribution in [0.4, 0.5) is 5.82 Å². The number of amides is 1. The number of pyridine rings is 1. The van der Waals surface area contributed by atoms with Gasteiger partial charge in [-0.15, -0.1) is 0 Å². The van der Waals surface area contributed by atoms with Crippen molar-refractivity contribution in [3.63, 3.8) is 0 Å². The Kier molecular flexibility index (Phi) is 5.24. The predicted molar refractivity (Wildman–Crippen MR) is 111 cm³/mol. The highest BCUT2D eigenvalue weighted by Crippen LogP contribution is 2.37. The topological polar surface area (TPSA) is 81.5 Å². The van der Waals surface area contributed by atoms with Crippen LogP contribution in [0.15, 0.2) is 36.7 Å². The van der Waals surface area contributed by atoms with Gasteiger partial charge in [-0.1, -0.05) is 0 Å². The fourth-order valence-corrected chi connectivity index (χ4v) is 3.89. The number of piperidine rings is 1. The molecule has 1 aliphatic rings. The molecule has 1 amide bonds. The molecule has 1 saturated heterocycles. The van der Waals surface area contributed by atoms with Gasteiger partial charge in [0.25, 0.3) is 5.91 Å². The summed E-state index contributed by atoms with van der Waals surface area (Å²) in [4.78, 5) is 18.8. The number of hydrogen-bond donors (Lipinski definition) is 1. The van der Waals surface area contributed by atoms with Crippen LogP contribution < -0.4 is 19.7 Å². The summed E-state index contributed by atoms with van der Waals surface area (Å²) in [5.74, 6) is 2.14. The van der Waals surface area contributed by atoms with Crippen molar-refractivity contribution in [2.45, 2.75) is 18.9 Å². The van der Waals surface area contributed by atoms with Crippen LogP contribution in [0.25, 0.3) is 10.8 Å². The van der Waals surface area contributed by atoms with Gasteiger partial charge in [-0.3, -0.25) is 9.48 Å². The van der Waals surface area contributed by atoms with Gasteiger partial charge in [0.2, 0.25) is 0 Å². The number of hydrogen-bond acceptors (Lipinski definition) is 6. The molecule has 1 aliphatic heterocycles. The molecule has 3 aromatic rings. The number of nitrogens with one attached hydrogen (secondary N) is 1. The molecule has 1 fully saturated rings. The minimum absolute atomic E-state index is 0.173. The third kappa shape index (κ3) is 3.57. The first-order valence-corrected chi connectivity index (χ1v) is 9.67. The summed E-state index contributed by atoms with van der Waals surface area (Å²) in [6, 6.07) is 7.87. The van der Waals surface area contributed by atoms with Gasteiger partial charge < -0.3 is 19.7 Å². The average molecular weight is 395 g/mol. The largest absolute Gasteiger partial charge is 0.493 e. The lowest BCUT2D eigenvalue weighted by Crippen LogP contribution is -2.37. The Hall–Kier alpha value is -3.29. The highest BCUT2D eigenvalue weighted by atomic mass is 16.5. The van der Waals surface area contributed by atoms with Crippen LogP contribution in [0.2, 0.25) is 0 Å². The Morgan fingerprint density at radius 3 is 2.76 bits per heavy atom. The average Bonchev–Trinajstić information content (AvgIpc) is 3.27. The number of carbonyl (C=O) groups excluding carboxylic acids is 1. The van der Waals surface area contributed by atoms with Crippen molar-refractivity contribution in [1.82, 2.24) is 20.1 Å². The van der Waals surface area contributed by atoms with E-state index >= 15 is 0 Å². The number of ether oxygens (including phenoxy) is 2. The maximum Gasteiger partial charge on any atom is 0.271 e. The number of methoxy groups -OCH3 is 2. The van der Waals surface area contributed by atoms with Crippen LogP contribution in [0.1, 0.15) is 29.4 Å². The molecule has 3 heterocycles. The first kappa shape index (κ1) is 19.0. The lowest BCUT2D eigenvalue weighted by atomic mass is 10.0. The third-order valence-corrected chi connectivity index (χ3v) is 5.39. The van der Waals surface area contributed by atoms with Crippen LogP contribution >= 0.6 is 0 Å². The molecule has 0 radical (unpaired) electrons.